The lowest BCUT2D eigenvalue weighted by Gasteiger charge is -2.14. The van der Waals surface area contributed by atoms with Crippen LogP contribution in [0.3, 0.4) is 0 Å². The van der Waals surface area contributed by atoms with Crippen LogP contribution >= 0.6 is 0 Å². The van der Waals surface area contributed by atoms with Gasteiger partial charge in [-0.3, -0.25) is 0 Å². The first-order valence-electron chi connectivity index (χ1n) is 6.13. The summed E-state index contributed by atoms with van der Waals surface area (Å²) in [5.41, 5.74) is 5.90. The molecule has 0 aliphatic carbocycles. The zero-order chi connectivity index (χ0) is 14.7. The second kappa shape index (κ2) is 5.96. The van der Waals surface area contributed by atoms with Crippen LogP contribution in [-0.2, 0) is 6.42 Å². The molecular weight excluding hydrogens is 267 g/mol. The highest BCUT2D eigenvalue weighted by Crippen LogP contribution is 2.30. The van der Waals surface area contributed by atoms with Gasteiger partial charge < -0.3 is 10.5 Å². The fourth-order valence-corrected chi connectivity index (χ4v) is 1.83. The van der Waals surface area contributed by atoms with Crippen molar-refractivity contribution in [2.45, 2.75) is 19.4 Å². The van der Waals surface area contributed by atoms with E-state index in [1.807, 2.05) is 0 Å². The Labute approximate surface area is 115 Å². The van der Waals surface area contributed by atoms with Gasteiger partial charge in [-0.05, 0) is 37.6 Å². The monoisotopic (exact) mass is 281 g/mol. The van der Waals surface area contributed by atoms with Crippen LogP contribution in [0.25, 0.3) is 0 Å². The van der Waals surface area contributed by atoms with Crippen LogP contribution in [0, 0.1) is 17.5 Å². The van der Waals surface area contributed by atoms with Gasteiger partial charge in [-0.1, -0.05) is 6.07 Å². The van der Waals surface area contributed by atoms with E-state index in [0.717, 1.165) is 18.2 Å². The molecule has 0 amide bonds. The van der Waals surface area contributed by atoms with Crippen molar-refractivity contribution in [1.82, 2.24) is 0 Å². The summed E-state index contributed by atoms with van der Waals surface area (Å²) in [5, 5.41) is 0. The quantitative estimate of drug-likeness (QED) is 0.925. The molecule has 0 aromatic heterocycles. The highest BCUT2D eigenvalue weighted by Gasteiger charge is 2.14. The lowest BCUT2D eigenvalue weighted by molar-refractivity contribution is 0.425. The van der Waals surface area contributed by atoms with Crippen LogP contribution in [0.2, 0.25) is 0 Å². The Hall–Kier alpha value is -2.01. The van der Waals surface area contributed by atoms with Crippen molar-refractivity contribution in [2.75, 3.05) is 0 Å². The van der Waals surface area contributed by atoms with Gasteiger partial charge in [-0.25, -0.2) is 13.2 Å². The van der Waals surface area contributed by atoms with Gasteiger partial charge in [-0.2, -0.15) is 0 Å². The predicted molar refractivity (Wildman–Crippen MR) is 70.2 cm³/mol. The fraction of sp³-hybridized carbons (Fsp3) is 0.200. The minimum Gasteiger partial charge on any atom is -0.454 e. The van der Waals surface area contributed by atoms with Gasteiger partial charge in [0.25, 0.3) is 0 Å². The predicted octanol–water partition coefficient (Wildman–Crippen LogP) is 3.79. The number of halogens is 3. The van der Waals surface area contributed by atoms with E-state index in [2.05, 4.69) is 0 Å². The summed E-state index contributed by atoms with van der Waals surface area (Å²) in [4.78, 5) is 0. The zero-order valence-electron chi connectivity index (χ0n) is 10.9. The summed E-state index contributed by atoms with van der Waals surface area (Å²) >= 11 is 0. The van der Waals surface area contributed by atoms with Crippen LogP contribution in [0.15, 0.2) is 36.4 Å². The van der Waals surface area contributed by atoms with Crippen LogP contribution in [0.4, 0.5) is 13.2 Å². The second-order valence-electron chi connectivity index (χ2n) is 4.57. The lowest BCUT2D eigenvalue weighted by atomic mass is 10.1. The van der Waals surface area contributed by atoms with E-state index < -0.39 is 17.5 Å². The Morgan fingerprint density at radius 2 is 1.80 bits per heavy atom. The van der Waals surface area contributed by atoms with E-state index in [1.54, 1.807) is 6.92 Å². The molecule has 2 rings (SSSR count). The van der Waals surface area contributed by atoms with Crippen LogP contribution in [-0.4, -0.2) is 6.04 Å². The normalized spacial score (nSPS) is 12.2. The largest absolute Gasteiger partial charge is 0.454 e. The van der Waals surface area contributed by atoms with Crippen LogP contribution < -0.4 is 10.5 Å². The van der Waals surface area contributed by atoms with E-state index in [4.69, 9.17) is 10.5 Å². The zero-order valence-corrected chi connectivity index (χ0v) is 10.9. The molecule has 2 nitrogen and oxygen atoms in total. The van der Waals surface area contributed by atoms with Gasteiger partial charge in [0, 0.05) is 17.7 Å². The number of ether oxygens (including phenoxy) is 1. The minimum atomic E-state index is -0.720. The van der Waals surface area contributed by atoms with Gasteiger partial charge in [0.2, 0.25) is 0 Å². The smallest absolute Gasteiger partial charge is 0.165 e. The molecule has 2 aromatic rings. The number of hydrogen-bond donors (Lipinski definition) is 1. The van der Waals surface area contributed by atoms with Crippen molar-refractivity contribution in [1.29, 1.82) is 0 Å². The fourth-order valence-electron chi connectivity index (χ4n) is 1.83. The number of rotatable bonds is 4. The van der Waals surface area contributed by atoms with E-state index in [1.165, 1.54) is 18.2 Å². The van der Waals surface area contributed by atoms with Gasteiger partial charge in [0.1, 0.15) is 17.4 Å². The van der Waals surface area contributed by atoms with Gasteiger partial charge in [-0.15, -0.1) is 0 Å². The van der Waals surface area contributed by atoms with E-state index in [9.17, 15) is 13.2 Å². The topological polar surface area (TPSA) is 35.2 Å². The summed E-state index contributed by atoms with van der Waals surface area (Å²) < 4.78 is 45.7. The molecule has 0 heterocycles. The maximum absolute atomic E-state index is 13.8. The van der Waals surface area contributed by atoms with Crippen molar-refractivity contribution in [3.05, 3.63) is 59.4 Å². The Morgan fingerprint density at radius 1 is 1.05 bits per heavy atom. The van der Waals surface area contributed by atoms with Crippen LogP contribution in [0.1, 0.15) is 12.5 Å². The maximum atomic E-state index is 13.8. The summed E-state index contributed by atoms with van der Waals surface area (Å²) in [5.74, 6) is -2.00. The van der Waals surface area contributed by atoms with Gasteiger partial charge in [0.15, 0.2) is 11.6 Å². The number of hydrogen-bond acceptors (Lipinski definition) is 2. The van der Waals surface area contributed by atoms with Crippen molar-refractivity contribution in [3.8, 4) is 11.5 Å². The Bertz CT molecular complexity index is 614. The molecule has 0 bridgehead atoms. The first-order chi connectivity index (χ1) is 9.47. The average molecular weight is 281 g/mol. The average Bonchev–Trinajstić information content (AvgIpc) is 2.37. The van der Waals surface area contributed by atoms with Gasteiger partial charge >= 0.3 is 0 Å². The Balaban J connectivity index is 2.38. The molecule has 106 valence electrons. The first-order valence-corrected chi connectivity index (χ1v) is 6.13. The Morgan fingerprint density at radius 3 is 2.50 bits per heavy atom. The summed E-state index contributed by atoms with van der Waals surface area (Å²) in [6.07, 6.45) is 0.235. The second-order valence-corrected chi connectivity index (χ2v) is 4.57. The van der Waals surface area contributed by atoms with E-state index in [-0.39, 0.29) is 29.5 Å². The Kier molecular flexibility index (Phi) is 4.29. The molecule has 0 aliphatic rings. The number of nitrogens with two attached hydrogens (primary N) is 1. The standard InChI is InChI=1S/C15H14F3NO/c1-9(19)7-11-12(17)3-2-4-14(11)20-15-8-10(16)5-6-13(15)18/h2-6,8-9H,7,19H2,1H3. The molecule has 2 aromatic carbocycles. The van der Waals surface area contributed by atoms with Gasteiger partial charge in [0.05, 0.1) is 0 Å². The highest BCUT2D eigenvalue weighted by molar-refractivity contribution is 5.39. The third kappa shape index (κ3) is 3.30. The molecule has 0 aliphatic heterocycles. The first kappa shape index (κ1) is 14.4. The number of benzene rings is 2. The van der Waals surface area contributed by atoms with Crippen molar-refractivity contribution in [2.24, 2.45) is 5.73 Å². The molecule has 20 heavy (non-hydrogen) atoms. The summed E-state index contributed by atoms with van der Waals surface area (Å²) in [6, 6.07) is 6.76. The van der Waals surface area contributed by atoms with Crippen molar-refractivity contribution in [3.63, 3.8) is 0 Å². The molecule has 1 unspecified atom stereocenters. The molecule has 0 spiro atoms. The molecule has 2 N–H and O–H groups in total. The lowest BCUT2D eigenvalue weighted by Crippen LogP contribution is -2.19. The molecule has 1 atom stereocenters. The van der Waals surface area contributed by atoms with Crippen molar-refractivity contribution < 1.29 is 17.9 Å². The molecule has 0 saturated carbocycles. The van der Waals surface area contributed by atoms with E-state index >= 15 is 0 Å². The minimum absolute atomic E-state index is 0.131. The third-order valence-corrected chi connectivity index (χ3v) is 2.72. The van der Waals surface area contributed by atoms with Crippen molar-refractivity contribution >= 4 is 0 Å². The molecule has 5 heteroatoms. The molecular formula is C15H14F3NO. The maximum Gasteiger partial charge on any atom is 0.165 e. The molecule has 0 fully saturated rings. The molecule has 0 radical (unpaired) electrons. The summed E-state index contributed by atoms with van der Waals surface area (Å²) in [7, 11) is 0. The third-order valence-electron chi connectivity index (χ3n) is 2.72. The van der Waals surface area contributed by atoms with Crippen LogP contribution in [0.5, 0.6) is 11.5 Å². The highest BCUT2D eigenvalue weighted by atomic mass is 19.1. The SMILES string of the molecule is CC(N)Cc1c(F)cccc1Oc1cc(F)ccc1F. The van der Waals surface area contributed by atoms with E-state index in [0.29, 0.717) is 0 Å². The molecule has 0 saturated heterocycles. The summed E-state index contributed by atoms with van der Waals surface area (Å²) in [6.45, 7) is 1.72.